The highest BCUT2D eigenvalue weighted by molar-refractivity contribution is 5.23. The van der Waals surface area contributed by atoms with E-state index in [1.807, 2.05) is 50.0 Å². The predicted molar refractivity (Wildman–Crippen MR) is 71.1 cm³/mol. The minimum Gasteiger partial charge on any atom is -0.265 e. The molecule has 92 valence electrons. The molecule has 0 radical (unpaired) electrons. The van der Waals surface area contributed by atoms with Crippen LogP contribution in [0.25, 0.3) is 0 Å². The molecular formula is C14H21N3. The quantitative estimate of drug-likeness (QED) is 0.794. The van der Waals surface area contributed by atoms with Crippen LogP contribution in [0.15, 0.2) is 24.5 Å². The number of aromatic nitrogens is 3. The molecule has 0 fully saturated rings. The summed E-state index contributed by atoms with van der Waals surface area (Å²) in [5.74, 6) is 0. The second-order valence-electron chi connectivity index (χ2n) is 3.81. The molecule has 2 heterocycles. The summed E-state index contributed by atoms with van der Waals surface area (Å²) in [4.78, 5) is 4.00. The monoisotopic (exact) mass is 231 g/mol. The van der Waals surface area contributed by atoms with E-state index in [1.165, 1.54) is 16.8 Å². The smallest absolute Gasteiger partial charge is 0.0663 e. The van der Waals surface area contributed by atoms with Crippen LogP contribution in [-0.4, -0.2) is 14.8 Å². The average molecular weight is 231 g/mol. The third-order valence-corrected chi connectivity index (χ3v) is 2.82. The van der Waals surface area contributed by atoms with Gasteiger partial charge in [0.2, 0.25) is 0 Å². The van der Waals surface area contributed by atoms with Crippen LogP contribution in [0, 0.1) is 20.8 Å². The summed E-state index contributed by atoms with van der Waals surface area (Å²) in [5.41, 5.74) is 4.87. The second kappa shape index (κ2) is 6.18. The van der Waals surface area contributed by atoms with Crippen molar-refractivity contribution in [3.8, 4) is 0 Å². The fourth-order valence-corrected chi connectivity index (χ4v) is 1.60. The highest BCUT2D eigenvalue weighted by Crippen LogP contribution is 2.12. The van der Waals surface area contributed by atoms with Gasteiger partial charge in [0.15, 0.2) is 0 Å². The molecule has 2 aromatic rings. The Hall–Kier alpha value is -1.64. The van der Waals surface area contributed by atoms with Crippen LogP contribution in [0.5, 0.6) is 0 Å². The van der Waals surface area contributed by atoms with E-state index < -0.39 is 0 Å². The van der Waals surface area contributed by atoms with Crippen LogP contribution in [0.1, 0.15) is 36.4 Å². The Morgan fingerprint density at radius 1 is 1.06 bits per heavy atom. The second-order valence-corrected chi connectivity index (χ2v) is 3.81. The first-order valence-electron chi connectivity index (χ1n) is 6.08. The lowest BCUT2D eigenvalue weighted by Gasteiger charge is -2.04. The zero-order chi connectivity index (χ0) is 12.8. The molecule has 2 rings (SSSR count). The molecule has 3 nitrogen and oxygen atoms in total. The van der Waals surface area contributed by atoms with Gasteiger partial charge in [0.25, 0.3) is 0 Å². The Bertz CT molecular complexity index is 458. The minimum absolute atomic E-state index is 0.822. The van der Waals surface area contributed by atoms with E-state index in [9.17, 15) is 0 Å². The van der Waals surface area contributed by atoms with E-state index >= 15 is 0 Å². The molecule has 17 heavy (non-hydrogen) atoms. The van der Waals surface area contributed by atoms with Crippen LogP contribution in [-0.2, 0) is 6.54 Å². The van der Waals surface area contributed by atoms with Crippen LogP contribution >= 0.6 is 0 Å². The summed E-state index contributed by atoms with van der Waals surface area (Å²) in [5, 5.41) is 4.50. The molecule has 0 aliphatic heterocycles. The van der Waals surface area contributed by atoms with Gasteiger partial charge in [0, 0.05) is 18.1 Å². The Morgan fingerprint density at radius 3 is 2.12 bits per heavy atom. The fraction of sp³-hybridized carbons (Fsp3) is 0.429. The summed E-state index contributed by atoms with van der Waals surface area (Å²) >= 11 is 0. The van der Waals surface area contributed by atoms with Gasteiger partial charge in [-0.1, -0.05) is 13.8 Å². The van der Waals surface area contributed by atoms with Crippen molar-refractivity contribution < 1.29 is 0 Å². The molecule has 0 aliphatic carbocycles. The van der Waals surface area contributed by atoms with Gasteiger partial charge in [-0.05, 0) is 44.0 Å². The molecule has 2 aromatic heterocycles. The van der Waals surface area contributed by atoms with E-state index in [0.29, 0.717) is 0 Å². The molecule has 0 amide bonds. The number of nitrogens with zero attached hydrogens (tertiary/aromatic N) is 3. The highest BCUT2D eigenvalue weighted by Gasteiger charge is 2.06. The summed E-state index contributed by atoms with van der Waals surface area (Å²) in [6.45, 7) is 11.1. The molecular weight excluding hydrogens is 210 g/mol. The molecule has 0 bridgehead atoms. The highest BCUT2D eigenvalue weighted by atomic mass is 15.3. The normalized spacial score (nSPS) is 9.71. The molecule has 0 aliphatic rings. The van der Waals surface area contributed by atoms with Gasteiger partial charge >= 0.3 is 0 Å². The van der Waals surface area contributed by atoms with E-state index in [1.54, 1.807) is 0 Å². The van der Waals surface area contributed by atoms with Crippen molar-refractivity contribution in [2.75, 3.05) is 0 Å². The van der Waals surface area contributed by atoms with Gasteiger partial charge in [0.05, 0.1) is 12.2 Å². The van der Waals surface area contributed by atoms with Crippen LogP contribution < -0.4 is 0 Å². The van der Waals surface area contributed by atoms with Gasteiger partial charge in [-0.2, -0.15) is 5.10 Å². The lowest BCUT2D eigenvalue weighted by Crippen LogP contribution is -2.04. The maximum absolute atomic E-state index is 4.50. The SMILES string of the molecule is CC.Cc1nn(Cc2ccncc2)c(C)c1C. The molecule has 0 saturated heterocycles. The van der Waals surface area contributed by atoms with Crippen molar-refractivity contribution >= 4 is 0 Å². The zero-order valence-corrected chi connectivity index (χ0v) is 11.4. The third-order valence-electron chi connectivity index (χ3n) is 2.82. The number of hydrogen-bond donors (Lipinski definition) is 0. The maximum Gasteiger partial charge on any atom is 0.0663 e. The first-order chi connectivity index (χ1) is 8.18. The number of pyridine rings is 1. The predicted octanol–water partition coefficient (Wildman–Crippen LogP) is 3.28. The zero-order valence-electron chi connectivity index (χ0n) is 11.4. The average Bonchev–Trinajstić information content (AvgIpc) is 2.61. The van der Waals surface area contributed by atoms with Gasteiger partial charge in [-0.25, -0.2) is 0 Å². The van der Waals surface area contributed by atoms with Gasteiger partial charge in [-0.15, -0.1) is 0 Å². The minimum atomic E-state index is 0.822. The first-order valence-corrected chi connectivity index (χ1v) is 6.08. The van der Waals surface area contributed by atoms with Crippen LogP contribution in [0.2, 0.25) is 0 Å². The standard InChI is InChI=1S/C12H15N3.C2H6/c1-9-10(2)14-15(11(9)3)8-12-4-6-13-7-5-12;1-2/h4-7H,8H2,1-3H3;1-2H3. The molecule has 3 heteroatoms. The van der Waals surface area contributed by atoms with Crippen LogP contribution in [0.3, 0.4) is 0 Å². The molecule has 0 spiro atoms. The van der Waals surface area contributed by atoms with Crippen LogP contribution in [0.4, 0.5) is 0 Å². The van der Waals surface area contributed by atoms with Gasteiger partial charge in [-0.3, -0.25) is 9.67 Å². The molecule has 0 N–H and O–H groups in total. The maximum atomic E-state index is 4.50. The summed E-state index contributed by atoms with van der Waals surface area (Å²) in [6, 6.07) is 4.04. The Labute approximate surface area is 104 Å². The first kappa shape index (κ1) is 13.4. The summed E-state index contributed by atoms with van der Waals surface area (Å²) in [6.07, 6.45) is 3.63. The molecule has 0 atom stereocenters. The fourth-order valence-electron chi connectivity index (χ4n) is 1.60. The van der Waals surface area contributed by atoms with Crippen molar-refractivity contribution in [1.29, 1.82) is 0 Å². The van der Waals surface area contributed by atoms with E-state index in [2.05, 4.69) is 23.9 Å². The summed E-state index contributed by atoms with van der Waals surface area (Å²) in [7, 11) is 0. The Morgan fingerprint density at radius 2 is 1.65 bits per heavy atom. The molecule has 0 aromatic carbocycles. The summed E-state index contributed by atoms with van der Waals surface area (Å²) < 4.78 is 2.04. The number of rotatable bonds is 2. The van der Waals surface area contributed by atoms with Crippen molar-refractivity contribution in [2.24, 2.45) is 0 Å². The van der Waals surface area contributed by atoms with Crippen molar-refractivity contribution in [3.05, 3.63) is 47.0 Å². The topological polar surface area (TPSA) is 30.7 Å². The van der Waals surface area contributed by atoms with Crippen molar-refractivity contribution in [1.82, 2.24) is 14.8 Å². The molecule has 0 saturated carbocycles. The van der Waals surface area contributed by atoms with Gasteiger partial charge < -0.3 is 0 Å². The largest absolute Gasteiger partial charge is 0.265 e. The lowest BCUT2D eigenvalue weighted by molar-refractivity contribution is 0.658. The Balaban J connectivity index is 0.000000686. The van der Waals surface area contributed by atoms with Crippen molar-refractivity contribution in [2.45, 2.75) is 41.2 Å². The van der Waals surface area contributed by atoms with Gasteiger partial charge in [0.1, 0.15) is 0 Å². The lowest BCUT2D eigenvalue weighted by atomic mass is 10.2. The van der Waals surface area contributed by atoms with E-state index in [4.69, 9.17) is 0 Å². The Kier molecular flexibility index (Phi) is 4.88. The third kappa shape index (κ3) is 3.16. The number of hydrogen-bond acceptors (Lipinski definition) is 2. The van der Waals surface area contributed by atoms with Crippen molar-refractivity contribution in [3.63, 3.8) is 0 Å². The number of aryl methyl sites for hydroxylation is 1. The molecule has 0 unspecified atom stereocenters. The van der Waals surface area contributed by atoms with E-state index in [-0.39, 0.29) is 0 Å². The van der Waals surface area contributed by atoms with E-state index in [0.717, 1.165) is 12.2 Å².